The minimum Gasteiger partial charge on any atom is -0.478 e. The van der Waals surface area contributed by atoms with Crippen LogP contribution < -0.4 is 9.64 Å². The maximum absolute atomic E-state index is 12.7. The van der Waals surface area contributed by atoms with E-state index >= 15 is 0 Å². The second kappa shape index (κ2) is 7.34. The van der Waals surface area contributed by atoms with Gasteiger partial charge in [0, 0.05) is 18.7 Å². The Morgan fingerprint density at radius 1 is 1.20 bits per heavy atom. The summed E-state index contributed by atoms with van der Waals surface area (Å²) in [6.07, 6.45) is 1.64. The van der Waals surface area contributed by atoms with Gasteiger partial charge in [-0.2, -0.15) is 0 Å². The molecule has 130 valence electrons. The van der Waals surface area contributed by atoms with Crippen molar-refractivity contribution in [1.29, 1.82) is 0 Å². The molecule has 0 saturated heterocycles. The second-order valence-corrected chi connectivity index (χ2v) is 6.00. The summed E-state index contributed by atoms with van der Waals surface area (Å²) >= 11 is 0. The van der Waals surface area contributed by atoms with Crippen LogP contribution in [0.2, 0.25) is 0 Å². The number of hydrogen-bond acceptors (Lipinski definition) is 4. The van der Waals surface area contributed by atoms with E-state index < -0.39 is 11.0 Å². The summed E-state index contributed by atoms with van der Waals surface area (Å²) in [4.78, 5) is 24.9. The summed E-state index contributed by atoms with van der Waals surface area (Å²) in [5, 5.41) is 11.1. The van der Waals surface area contributed by atoms with E-state index in [0.717, 1.165) is 12.8 Å². The molecule has 0 spiro atoms. The Balaban J connectivity index is 1.82. The Morgan fingerprint density at radius 2 is 1.96 bits per heavy atom. The normalized spacial score (nSPS) is 16.3. The molecule has 0 aliphatic carbocycles. The summed E-state index contributed by atoms with van der Waals surface area (Å²) in [5.41, 5.74) is 1.64. The average molecular weight is 340 g/mol. The first-order chi connectivity index (χ1) is 12.1. The van der Waals surface area contributed by atoms with Gasteiger partial charge in [-0.25, -0.2) is 0 Å². The second-order valence-electron chi connectivity index (χ2n) is 6.00. The van der Waals surface area contributed by atoms with Gasteiger partial charge in [0.05, 0.1) is 10.6 Å². The van der Waals surface area contributed by atoms with Gasteiger partial charge in [0.15, 0.2) is 6.10 Å². The van der Waals surface area contributed by atoms with Crippen molar-refractivity contribution in [3.63, 3.8) is 0 Å². The number of ether oxygens (including phenoxy) is 1. The molecule has 0 bridgehead atoms. The number of carbonyl (C=O) groups is 1. The Labute approximate surface area is 146 Å². The molecule has 3 rings (SSSR count). The summed E-state index contributed by atoms with van der Waals surface area (Å²) in [6, 6.07) is 14.4. The van der Waals surface area contributed by atoms with E-state index in [1.165, 1.54) is 17.7 Å². The van der Waals surface area contributed by atoms with Crippen molar-refractivity contribution in [1.82, 2.24) is 0 Å². The average Bonchev–Trinajstić information content (AvgIpc) is 2.63. The first kappa shape index (κ1) is 17.0. The van der Waals surface area contributed by atoms with Gasteiger partial charge in [-0.15, -0.1) is 0 Å². The van der Waals surface area contributed by atoms with Crippen LogP contribution in [0.1, 0.15) is 25.3 Å². The third-order valence-corrected chi connectivity index (χ3v) is 4.32. The number of benzene rings is 2. The largest absolute Gasteiger partial charge is 0.478 e. The van der Waals surface area contributed by atoms with Crippen molar-refractivity contribution < 1.29 is 14.5 Å². The number of nitrogens with zero attached hydrogens (tertiary/aromatic N) is 2. The highest BCUT2D eigenvalue weighted by atomic mass is 16.6. The topological polar surface area (TPSA) is 72.7 Å². The highest BCUT2D eigenvalue weighted by Gasteiger charge is 2.34. The van der Waals surface area contributed by atoms with Gasteiger partial charge in [-0.05, 0) is 30.9 Å². The van der Waals surface area contributed by atoms with E-state index in [-0.39, 0.29) is 11.6 Å². The fourth-order valence-corrected chi connectivity index (χ4v) is 3.00. The number of amides is 1. The van der Waals surface area contributed by atoms with Crippen LogP contribution in [0, 0.1) is 10.1 Å². The zero-order chi connectivity index (χ0) is 17.8. The van der Waals surface area contributed by atoms with Crippen LogP contribution in [0.15, 0.2) is 48.5 Å². The van der Waals surface area contributed by atoms with Gasteiger partial charge in [0.25, 0.3) is 11.6 Å². The SMILES string of the molecule is CCC1Oc2ccc([N+](=O)[O-])cc2N(CCCc2ccccc2)C1=O. The number of fused-ring (bicyclic) bond motifs is 1. The molecule has 1 atom stereocenters. The summed E-state index contributed by atoms with van der Waals surface area (Å²) < 4.78 is 5.71. The lowest BCUT2D eigenvalue weighted by molar-refractivity contribution is -0.384. The fraction of sp³-hybridized carbons (Fsp3) is 0.316. The van der Waals surface area contributed by atoms with Crippen molar-refractivity contribution >= 4 is 17.3 Å². The Kier molecular flexibility index (Phi) is 4.97. The van der Waals surface area contributed by atoms with Gasteiger partial charge in [0.1, 0.15) is 5.75 Å². The molecular weight excluding hydrogens is 320 g/mol. The maximum Gasteiger partial charge on any atom is 0.271 e. The molecular formula is C19H20N2O4. The molecule has 1 aliphatic rings. The predicted molar refractivity (Wildman–Crippen MR) is 94.9 cm³/mol. The van der Waals surface area contributed by atoms with Gasteiger partial charge < -0.3 is 9.64 Å². The molecule has 1 unspecified atom stereocenters. The molecule has 0 N–H and O–H groups in total. The van der Waals surface area contributed by atoms with Crippen LogP contribution in [0.25, 0.3) is 0 Å². The lowest BCUT2D eigenvalue weighted by Crippen LogP contribution is -2.46. The van der Waals surface area contributed by atoms with Gasteiger partial charge in [-0.1, -0.05) is 37.3 Å². The summed E-state index contributed by atoms with van der Waals surface area (Å²) in [6.45, 7) is 2.39. The summed E-state index contributed by atoms with van der Waals surface area (Å²) in [5.74, 6) is 0.389. The molecule has 0 radical (unpaired) electrons. The van der Waals surface area contributed by atoms with Crippen molar-refractivity contribution in [3.8, 4) is 5.75 Å². The van der Waals surface area contributed by atoms with Crippen LogP contribution in [0.4, 0.5) is 11.4 Å². The number of anilines is 1. The highest BCUT2D eigenvalue weighted by molar-refractivity contribution is 6.00. The zero-order valence-electron chi connectivity index (χ0n) is 14.1. The standard InChI is InChI=1S/C19H20N2O4/c1-2-17-19(22)20(12-6-9-14-7-4-3-5-8-14)16-13-15(21(23)24)10-11-18(16)25-17/h3-5,7-8,10-11,13,17H,2,6,9,12H2,1H3. The Morgan fingerprint density at radius 3 is 2.64 bits per heavy atom. The van der Waals surface area contributed by atoms with E-state index in [1.807, 2.05) is 25.1 Å². The number of non-ortho nitro benzene ring substituents is 1. The van der Waals surface area contributed by atoms with Gasteiger partial charge >= 0.3 is 0 Å². The van der Waals surface area contributed by atoms with Gasteiger partial charge in [0.2, 0.25) is 0 Å². The van der Waals surface area contributed by atoms with Gasteiger partial charge in [-0.3, -0.25) is 14.9 Å². The van der Waals surface area contributed by atoms with E-state index in [1.54, 1.807) is 11.0 Å². The Bertz CT molecular complexity index is 776. The molecule has 2 aromatic rings. The molecule has 6 nitrogen and oxygen atoms in total. The number of hydrogen-bond donors (Lipinski definition) is 0. The van der Waals surface area contributed by atoms with Crippen LogP contribution in [-0.4, -0.2) is 23.5 Å². The lowest BCUT2D eigenvalue weighted by atomic mass is 10.1. The molecule has 0 saturated carbocycles. The monoisotopic (exact) mass is 340 g/mol. The molecule has 0 fully saturated rings. The number of carbonyl (C=O) groups excluding carboxylic acids is 1. The molecule has 1 amide bonds. The number of nitro groups is 1. The Hall–Kier alpha value is -2.89. The van der Waals surface area contributed by atoms with E-state index in [0.29, 0.717) is 24.4 Å². The first-order valence-corrected chi connectivity index (χ1v) is 8.40. The molecule has 1 aliphatic heterocycles. The number of nitro benzene ring substituents is 1. The molecule has 25 heavy (non-hydrogen) atoms. The smallest absolute Gasteiger partial charge is 0.271 e. The lowest BCUT2D eigenvalue weighted by Gasteiger charge is -2.34. The van der Waals surface area contributed by atoms with Crippen LogP contribution in [0.5, 0.6) is 5.75 Å². The minimum atomic E-state index is -0.536. The minimum absolute atomic E-state index is 0.0434. The molecule has 0 aromatic heterocycles. The maximum atomic E-state index is 12.7. The van der Waals surface area contributed by atoms with Crippen LogP contribution in [-0.2, 0) is 11.2 Å². The summed E-state index contributed by atoms with van der Waals surface area (Å²) in [7, 11) is 0. The zero-order valence-corrected chi connectivity index (χ0v) is 14.1. The first-order valence-electron chi connectivity index (χ1n) is 8.40. The fourth-order valence-electron chi connectivity index (χ4n) is 3.00. The molecule has 1 heterocycles. The van der Waals surface area contributed by atoms with E-state index in [9.17, 15) is 14.9 Å². The quantitative estimate of drug-likeness (QED) is 0.593. The number of rotatable bonds is 6. The van der Waals surface area contributed by atoms with Crippen LogP contribution in [0.3, 0.4) is 0 Å². The number of aryl methyl sites for hydroxylation is 1. The van der Waals surface area contributed by atoms with Crippen molar-refractivity contribution in [2.75, 3.05) is 11.4 Å². The third-order valence-electron chi connectivity index (χ3n) is 4.32. The molecule has 6 heteroatoms. The van der Waals surface area contributed by atoms with Crippen LogP contribution >= 0.6 is 0 Å². The van der Waals surface area contributed by atoms with E-state index in [4.69, 9.17) is 4.74 Å². The van der Waals surface area contributed by atoms with E-state index in [2.05, 4.69) is 12.1 Å². The predicted octanol–water partition coefficient (Wildman–Crippen LogP) is 3.73. The highest BCUT2D eigenvalue weighted by Crippen LogP contribution is 2.37. The van der Waals surface area contributed by atoms with Crippen molar-refractivity contribution in [2.24, 2.45) is 0 Å². The van der Waals surface area contributed by atoms with Crippen molar-refractivity contribution in [3.05, 3.63) is 64.2 Å². The molecule has 2 aromatic carbocycles. The third kappa shape index (κ3) is 3.63. The van der Waals surface area contributed by atoms with Crippen molar-refractivity contribution in [2.45, 2.75) is 32.3 Å².